The number of unbranched alkanes of at least 4 members (excludes halogenated alkanes) is 1. The van der Waals surface area contributed by atoms with E-state index in [2.05, 4.69) is 5.32 Å². The van der Waals surface area contributed by atoms with E-state index in [1.54, 1.807) is 44.2 Å². The third-order valence-corrected chi connectivity index (χ3v) is 7.76. The van der Waals surface area contributed by atoms with Crippen LogP contribution >= 0.6 is 23.2 Å². The first-order valence-electron chi connectivity index (χ1n) is 12.0. The number of hydrogen-bond donors (Lipinski definition) is 1. The maximum atomic E-state index is 13.3. The number of carbonyl (C=O) groups excluding carboxylic acids is 2. The van der Waals surface area contributed by atoms with Gasteiger partial charge in [0.15, 0.2) is 0 Å². The second kappa shape index (κ2) is 13.9. The summed E-state index contributed by atoms with van der Waals surface area (Å²) < 4.78 is 26.3. The molecule has 0 aliphatic heterocycles. The van der Waals surface area contributed by atoms with Gasteiger partial charge in [-0.3, -0.25) is 13.9 Å². The standard InChI is InChI=1S/C26H35Cl2N3O4S/c1-5-6-16-29-26(33)20(3)30(18-21-12-14-22(27)15-13-21)25(32)11-8-17-31(36(4,34)35)24-10-7-9-23(28)19(24)2/h7,9-10,12-15,20H,5-6,8,11,16-18H2,1-4H3,(H,29,33). The van der Waals surface area contributed by atoms with Crippen LogP contribution in [0.5, 0.6) is 0 Å². The Kier molecular flexibility index (Phi) is 11.5. The van der Waals surface area contributed by atoms with Crippen LogP contribution in [0.4, 0.5) is 5.69 Å². The first kappa shape index (κ1) is 29.9. The topological polar surface area (TPSA) is 86.8 Å². The Morgan fingerprint density at radius 1 is 1.06 bits per heavy atom. The first-order chi connectivity index (χ1) is 17.0. The van der Waals surface area contributed by atoms with Crippen molar-refractivity contribution >= 4 is 50.7 Å². The third-order valence-electron chi connectivity index (χ3n) is 5.92. The summed E-state index contributed by atoms with van der Waals surface area (Å²) in [5.41, 5.74) is 1.98. The summed E-state index contributed by atoms with van der Waals surface area (Å²) >= 11 is 12.2. The zero-order chi connectivity index (χ0) is 26.9. The molecule has 2 aromatic carbocycles. The summed E-state index contributed by atoms with van der Waals surface area (Å²) in [6.07, 6.45) is 3.29. The quantitative estimate of drug-likeness (QED) is 0.345. The van der Waals surface area contributed by atoms with Crippen LogP contribution in [0.1, 0.15) is 50.7 Å². The molecule has 36 heavy (non-hydrogen) atoms. The van der Waals surface area contributed by atoms with Crippen LogP contribution in [0.15, 0.2) is 42.5 Å². The molecule has 0 radical (unpaired) electrons. The Balaban J connectivity index is 2.17. The number of carbonyl (C=O) groups is 2. The zero-order valence-electron chi connectivity index (χ0n) is 21.3. The summed E-state index contributed by atoms with van der Waals surface area (Å²) in [6, 6.07) is 11.5. The van der Waals surface area contributed by atoms with Crippen LogP contribution < -0.4 is 9.62 Å². The third kappa shape index (κ3) is 8.68. The van der Waals surface area contributed by atoms with Gasteiger partial charge in [-0.15, -0.1) is 0 Å². The molecule has 0 fully saturated rings. The van der Waals surface area contributed by atoms with Gasteiger partial charge in [-0.05, 0) is 62.1 Å². The lowest BCUT2D eigenvalue weighted by molar-refractivity contribution is -0.140. The highest BCUT2D eigenvalue weighted by atomic mass is 35.5. The molecule has 7 nitrogen and oxygen atoms in total. The van der Waals surface area contributed by atoms with Gasteiger partial charge >= 0.3 is 0 Å². The molecule has 10 heteroatoms. The molecule has 0 spiro atoms. The number of nitrogens with zero attached hydrogens (tertiary/aromatic N) is 2. The van der Waals surface area contributed by atoms with Gasteiger partial charge in [-0.2, -0.15) is 0 Å². The number of nitrogens with one attached hydrogen (secondary N) is 1. The molecule has 1 atom stereocenters. The molecular weight excluding hydrogens is 521 g/mol. The number of sulfonamides is 1. The largest absolute Gasteiger partial charge is 0.354 e. The van der Waals surface area contributed by atoms with Gasteiger partial charge in [0.25, 0.3) is 0 Å². The number of halogens is 2. The normalized spacial score (nSPS) is 12.2. The molecule has 0 bridgehead atoms. The Labute approximate surface area is 224 Å². The minimum atomic E-state index is -3.60. The lowest BCUT2D eigenvalue weighted by Gasteiger charge is -2.29. The van der Waals surface area contributed by atoms with Crippen LogP contribution in [0.25, 0.3) is 0 Å². The molecule has 198 valence electrons. The lowest BCUT2D eigenvalue weighted by Crippen LogP contribution is -2.48. The van der Waals surface area contributed by atoms with E-state index in [0.717, 1.165) is 24.7 Å². The molecule has 0 aliphatic rings. The van der Waals surface area contributed by atoms with Crippen LogP contribution in [0.3, 0.4) is 0 Å². The Morgan fingerprint density at radius 2 is 1.72 bits per heavy atom. The second-order valence-corrected chi connectivity index (χ2v) is 11.5. The van der Waals surface area contributed by atoms with Crippen molar-refractivity contribution in [2.45, 2.75) is 59.0 Å². The molecule has 1 N–H and O–H groups in total. The molecule has 0 saturated heterocycles. The van der Waals surface area contributed by atoms with Crippen molar-refractivity contribution in [1.29, 1.82) is 0 Å². The number of benzene rings is 2. The Hall–Kier alpha value is -2.29. The average Bonchev–Trinajstić information content (AvgIpc) is 2.82. The van der Waals surface area contributed by atoms with E-state index in [1.807, 2.05) is 19.1 Å². The summed E-state index contributed by atoms with van der Waals surface area (Å²) in [6.45, 7) is 6.39. The molecule has 2 aromatic rings. The van der Waals surface area contributed by atoms with Gasteiger partial charge in [0, 0.05) is 36.1 Å². The van der Waals surface area contributed by atoms with Gasteiger partial charge in [0.2, 0.25) is 21.8 Å². The molecule has 0 heterocycles. The van der Waals surface area contributed by atoms with Gasteiger partial charge < -0.3 is 10.2 Å². The van der Waals surface area contributed by atoms with E-state index in [1.165, 1.54) is 9.21 Å². The smallest absolute Gasteiger partial charge is 0.242 e. The number of anilines is 1. The van der Waals surface area contributed by atoms with E-state index in [4.69, 9.17) is 23.2 Å². The predicted octanol–water partition coefficient (Wildman–Crippen LogP) is 5.18. The van der Waals surface area contributed by atoms with Crippen molar-refractivity contribution in [2.24, 2.45) is 0 Å². The van der Waals surface area contributed by atoms with Crippen molar-refractivity contribution in [3.8, 4) is 0 Å². The summed E-state index contributed by atoms with van der Waals surface area (Å²) in [7, 11) is -3.60. The maximum absolute atomic E-state index is 13.3. The predicted molar refractivity (Wildman–Crippen MR) is 147 cm³/mol. The fourth-order valence-electron chi connectivity index (χ4n) is 3.75. The van der Waals surface area contributed by atoms with Gasteiger partial charge in [0.1, 0.15) is 6.04 Å². The van der Waals surface area contributed by atoms with Crippen molar-refractivity contribution in [2.75, 3.05) is 23.7 Å². The monoisotopic (exact) mass is 555 g/mol. The summed E-state index contributed by atoms with van der Waals surface area (Å²) in [5.74, 6) is -0.461. The van der Waals surface area contributed by atoms with Crippen molar-refractivity contribution in [1.82, 2.24) is 10.2 Å². The van der Waals surface area contributed by atoms with Gasteiger partial charge in [-0.25, -0.2) is 8.42 Å². The molecule has 1 unspecified atom stereocenters. The number of rotatable bonds is 13. The minimum absolute atomic E-state index is 0.0752. The zero-order valence-corrected chi connectivity index (χ0v) is 23.6. The Morgan fingerprint density at radius 3 is 2.33 bits per heavy atom. The summed E-state index contributed by atoms with van der Waals surface area (Å²) in [5, 5.41) is 3.94. The second-order valence-electron chi connectivity index (χ2n) is 8.79. The van der Waals surface area contributed by atoms with E-state index in [0.29, 0.717) is 27.8 Å². The molecule has 0 aromatic heterocycles. The van der Waals surface area contributed by atoms with E-state index >= 15 is 0 Å². The van der Waals surface area contributed by atoms with Crippen molar-refractivity contribution in [3.63, 3.8) is 0 Å². The average molecular weight is 557 g/mol. The van der Waals surface area contributed by atoms with Crippen molar-refractivity contribution < 1.29 is 18.0 Å². The van der Waals surface area contributed by atoms with Crippen LogP contribution in [0, 0.1) is 6.92 Å². The highest BCUT2D eigenvalue weighted by Crippen LogP contribution is 2.28. The molecule has 0 saturated carbocycles. The molecule has 2 rings (SSSR count). The number of hydrogen-bond acceptors (Lipinski definition) is 4. The number of amides is 2. The molecule has 2 amide bonds. The fraction of sp³-hybridized carbons (Fsp3) is 0.462. The summed E-state index contributed by atoms with van der Waals surface area (Å²) in [4.78, 5) is 27.6. The van der Waals surface area contributed by atoms with E-state index in [9.17, 15) is 18.0 Å². The molecule has 0 aliphatic carbocycles. The van der Waals surface area contributed by atoms with E-state index in [-0.39, 0.29) is 37.7 Å². The maximum Gasteiger partial charge on any atom is 0.242 e. The highest BCUT2D eigenvalue weighted by Gasteiger charge is 2.27. The van der Waals surface area contributed by atoms with Gasteiger partial charge in [0.05, 0.1) is 11.9 Å². The minimum Gasteiger partial charge on any atom is -0.354 e. The SMILES string of the molecule is CCCCNC(=O)C(C)N(Cc1ccc(Cl)cc1)C(=O)CCCN(c1cccc(Cl)c1C)S(C)(=O)=O. The lowest BCUT2D eigenvalue weighted by atomic mass is 10.1. The van der Waals surface area contributed by atoms with Crippen LogP contribution in [0.2, 0.25) is 10.0 Å². The van der Waals surface area contributed by atoms with Crippen molar-refractivity contribution in [3.05, 3.63) is 63.6 Å². The highest BCUT2D eigenvalue weighted by molar-refractivity contribution is 7.92. The van der Waals surface area contributed by atoms with Crippen LogP contribution in [-0.2, 0) is 26.2 Å². The fourth-order valence-corrected chi connectivity index (χ4v) is 5.07. The molecular formula is C26H35Cl2N3O4S. The van der Waals surface area contributed by atoms with Crippen LogP contribution in [-0.4, -0.2) is 50.5 Å². The Bertz CT molecular complexity index is 1140. The van der Waals surface area contributed by atoms with Gasteiger partial charge in [-0.1, -0.05) is 54.7 Å². The first-order valence-corrected chi connectivity index (χ1v) is 14.6. The van der Waals surface area contributed by atoms with E-state index < -0.39 is 16.1 Å².